The summed E-state index contributed by atoms with van der Waals surface area (Å²) in [5.74, 6) is 0. The van der Waals surface area contributed by atoms with E-state index in [1.165, 1.54) is 0 Å². The maximum atomic E-state index is 10.0. The fourth-order valence-corrected chi connectivity index (χ4v) is 0. The number of alkyl halides is 3. The van der Waals surface area contributed by atoms with Crippen molar-refractivity contribution < 1.29 is 8.42 Å². The van der Waals surface area contributed by atoms with Gasteiger partial charge in [-0.3, -0.25) is 0 Å². The lowest BCUT2D eigenvalue weighted by atomic mass is 11.8. The van der Waals surface area contributed by atoms with Crippen LogP contribution < -0.4 is 5.14 Å². The first-order chi connectivity index (χ1) is 3.25. The smallest absolute Gasteiger partial charge is 0.225 e. The highest BCUT2D eigenvalue weighted by Gasteiger charge is 2.34. The van der Waals surface area contributed by atoms with E-state index < -0.39 is 13.1 Å². The summed E-state index contributed by atoms with van der Waals surface area (Å²) in [6, 6.07) is 0. The summed E-state index contributed by atoms with van der Waals surface area (Å²) in [4.78, 5) is 0. The van der Waals surface area contributed by atoms with Crippen LogP contribution in [0.5, 0.6) is 0 Å². The number of primary sulfonamides is 1. The van der Waals surface area contributed by atoms with Gasteiger partial charge in [0.05, 0.1) is 0 Å². The van der Waals surface area contributed by atoms with Gasteiger partial charge in [-0.25, -0.2) is 13.6 Å². The third kappa shape index (κ3) is 2.37. The van der Waals surface area contributed by atoms with Crippen molar-refractivity contribution in [3.8, 4) is 0 Å². The third-order valence-electron chi connectivity index (χ3n) is 0.323. The van der Waals surface area contributed by atoms with Gasteiger partial charge < -0.3 is 0 Å². The summed E-state index contributed by atoms with van der Waals surface area (Å²) < 4.78 is 17.7. The van der Waals surface area contributed by atoms with Gasteiger partial charge in [0, 0.05) is 0 Å². The van der Waals surface area contributed by atoms with Crippen LogP contribution in [0.1, 0.15) is 0 Å². The van der Waals surface area contributed by atoms with Gasteiger partial charge in [-0.05, 0) is 0 Å². The monoisotopic (exact) mass is 197 g/mol. The quantitative estimate of drug-likeness (QED) is 0.580. The van der Waals surface area contributed by atoms with Crippen molar-refractivity contribution in [1.82, 2.24) is 0 Å². The molecule has 3 nitrogen and oxygen atoms in total. The number of rotatable bonds is 0. The van der Waals surface area contributed by atoms with E-state index >= 15 is 0 Å². The molecule has 0 aromatic carbocycles. The van der Waals surface area contributed by atoms with E-state index in [9.17, 15) is 8.42 Å². The van der Waals surface area contributed by atoms with Gasteiger partial charge in [0.1, 0.15) is 0 Å². The van der Waals surface area contributed by atoms with Gasteiger partial charge in [0.25, 0.3) is 10.0 Å². The Morgan fingerprint density at radius 1 is 1.25 bits per heavy atom. The summed E-state index contributed by atoms with van der Waals surface area (Å²) >= 11 is 14.5. The zero-order valence-corrected chi connectivity index (χ0v) is 6.52. The van der Waals surface area contributed by atoms with Gasteiger partial charge in [0.15, 0.2) is 0 Å². The molecule has 0 atom stereocenters. The number of hydrogen-bond acceptors (Lipinski definition) is 2. The zero-order valence-electron chi connectivity index (χ0n) is 3.44. The normalized spacial score (nSPS) is 14.0. The molecule has 0 unspecified atom stereocenters. The van der Waals surface area contributed by atoms with Crippen molar-refractivity contribution in [3.05, 3.63) is 0 Å². The van der Waals surface area contributed by atoms with Crippen LogP contribution in [0.15, 0.2) is 0 Å². The Hall–Kier alpha value is 0.780. The molecule has 0 radical (unpaired) electrons. The summed E-state index contributed by atoms with van der Waals surface area (Å²) in [6.45, 7) is 0. The minimum Gasteiger partial charge on any atom is -0.225 e. The molecule has 0 spiro atoms. The van der Waals surface area contributed by atoms with Crippen molar-refractivity contribution in [2.24, 2.45) is 5.14 Å². The molecular weight excluding hydrogens is 196 g/mol. The average Bonchev–Trinajstić information content (AvgIpc) is 1.25. The molecule has 0 amide bonds. The molecule has 0 aliphatic rings. The Bertz CT molecular complexity index is 166. The second-order valence-corrected chi connectivity index (χ2v) is 5.65. The lowest BCUT2D eigenvalue weighted by Crippen LogP contribution is -2.27. The van der Waals surface area contributed by atoms with E-state index in [0.717, 1.165) is 0 Å². The van der Waals surface area contributed by atoms with Crippen LogP contribution in [0, 0.1) is 0 Å². The van der Waals surface area contributed by atoms with E-state index in [-0.39, 0.29) is 0 Å². The zero-order chi connectivity index (χ0) is 7.00. The molecule has 0 saturated carbocycles. The molecule has 7 heteroatoms. The van der Waals surface area contributed by atoms with Crippen molar-refractivity contribution in [3.63, 3.8) is 0 Å². The van der Waals surface area contributed by atoms with Crippen LogP contribution in [0.4, 0.5) is 0 Å². The van der Waals surface area contributed by atoms with Gasteiger partial charge in [0.2, 0.25) is 0 Å². The molecule has 0 aliphatic heterocycles. The molecule has 0 aliphatic carbocycles. The SMILES string of the molecule is NS(=O)(=O)C(Cl)(Cl)Cl. The highest BCUT2D eigenvalue weighted by atomic mass is 35.6. The molecule has 0 aromatic rings. The molecule has 8 heavy (non-hydrogen) atoms. The van der Waals surface area contributed by atoms with Crippen LogP contribution >= 0.6 is 34.8 Å². The molecule has 0 bridgehead atoms. The molecule has 0 rings (SSSR count). The lowest BCUT2D eigenvalue weighted by Gasteiger charge is -2.04. The first-order valence-electron chi connectivity index (χ1n) is 1.34. The van der Waals surface area contributed by atoms with Crippen LogP contribution in [-0.4, -0.2) is 11.5 Å². The molecule has 0 heterocycles. The summed E-state index contributed by atoms with van der Waals surface area (Å²) in [7, 11) is -4.04. The van der Waals surface area contributed by atoms with Crippen LogP contribution in [0.3, 0.4) is 0 Å². The van der Waals surface area contributed by atoms with Gasteiger partial charge in [-0.15, -0.1) is 0 Å². The van der Waals surface area contributed by atoms with Crippen LogP contribution in [0.2, 0.25) is 0 Å². The van der Waals surface area contributed by atoms with Crippen LogP contribution in [0.25, 0.3) is 0 Å². The standard InChI is InChI=1S/CH2Cl3NO2S/c2-1(3,4)8(5,6)7/h(H2,5,6,7). The van der Waals surface area contributed by atoms with Crippen molar-refractivity contribution in [2.45, 2.75) is 3.12 Å². The van der Waals surface area contributed by atoms with Crippen LogP contribution in [-0.2, 0) is 10.0 Å². The molecule has 2 N–H and O–H groups in total. The summed E-state index contributed by atoms with van der Waals surface area (Å²) in [6.07, 6.45) is 0. The fourth-order valence-electron chi connectivity index (χ4n) is 0. The second kappa shape index (κ2) is 2.19. The highest BCUT2D eigenvalue weighted by molar-refractivity contribution is 7.95. The number of halogens is 3. The number of nitrogens with two attached hydrogens (primary N) is 1. The van der Waals surface area contributed by atoms with E-state index in [4.69, 9.17) is 34.8 Å². The molecule has 50 valence electrons. The van der Waals surface area contributed by atoms with E-state index in [1.54, 1.807) is 0 Å². The first kappa shape index (κ1) is 8.78. The fraction of sp³-hybridized carbons (Fsp3) is 1.00. The Balaban J connectivity index is 4.53. The predicted octanol–water partition coefficient (Wildman–Crippen LogP) is 0.603. The van der Waals surface area contributed by atoms with E-state index in [2.05, 4.69) is 5.14 Å². The predicted molar refractivity (Wildman–Crippen MR) is 33.4 cm³/mol. The van der Waals surface area contributed by atoms with Gasteiger partial charge >= 0.3 is 3.12 Å². The maximum Gasteiger partial charge on any atom is 0.306 e. The maximum absolute atomic E-state index is 10.0. The largest absolute Gasteiger partial charge is 0.306 e. The van der Waals surface area contributed by atoms with Gasteiger partial charge in [-0.1, -0.05) is 34.8 Å². The number of hydrogen-bond donors (Lipinski definition) is 1. The van der Waals surface area contributed by atoms with E-state index in [0.29, 0.717) is 0 Å². The Morgan fingerprint density at radius 2 is 1.38 bits per heavy atom. The van der Waals surface area contributed by atoms with Crippen molar-refractivity contribution in [2.75, 3.05) is 0 Å². The number of sulfonamides is 1. The third-order valence-corrected chi connectivity index (χ3v) is 2.90. The van der Waals surface area contributed by atoms with Crippen molar-refractivity contribution >= 4 is 44.8 Å². The Kier molecular flexibility index (Phi) is 2.40. The lowest BCUT2D eigenvalue weighted by molar-refractivity contribution is 0.598. The second-order valence-electron chi connectivity index (χ2n) is 0.991. The summed E-state index contributed by atoms with van der Waals surface area (Å²) in [5, 5.41) is 4.39. The van der Waals surface area contributed by atoms with E-state index in [1.807, 2.05) is 0 Å². The minimum atomic E-state index is -4.04. The molecule has 0 aromatic heterocycles. The summed E-state index contributed by atoms with van der Waals surface area (Å²) in [5.41, 5.74) is 0. The Morgan fingerprint density at radius 3 is 1.38 bits per heavy atom. The Labute approximate surface area is 61.7 Å². The minimum absolute atomic E-state index is 2.40. The molecule has 0 saturated heterocycles. The molecular formula is CH2Cl3NO2S. The topological polar surface area (TPSA) is 60.2 Å². The average molecular weight is 198 g/mol. The molecule has 0 fully saturated rings. The van der Waals surface area contributed by atoms with Gasteiger partial charge in [-0.2, -0.15) is 0 Å². The first-order valence-corrected chi connectivity index (χ1v) is 4.02. The van der Waals surface area contributed by atoms with Crippen molar-refractivity contribution in [1.29, 1.82) is 0 Å². The highest BCUT2D eigenvalue weighted by Crippen LogP contribution is 2.29.